The summed E-state index contributed by atoms with van der Waals surface area (Å²) < 4.78 is 13.2. The molecule has 0 aliphatic heterocycles. The van der Waals surface area contributed by atoms with Crippen molar-refractivity contribution in [2.45, 2.75) is 32.9 Å². The van der Waals surface area contributed by atoms with Crippen LogP contribution >= 0.6 is 0 Å². The van der Waals surface area contributed by atoms with Crippen LogP contribution in [0.3, 0.4) is 0 Å². The zero-order valence-corrected chi connectivity index (χ0v) is 17.2. The summed E-state index contributed by atoms with van der Waals surface area (Å²) in [5, 5.41) is 2.97. The second-order valence-electron chi connectivity index (χ2n) is 7.30. The first-order valence-corrected chi connectivity index (χ1v) is 10.1. The van der Waals surface area contributed by atoms with Gasteiger partial charge in [0.1, 0.15) is 11.6 Å². The molecule has 0 aliphatic carbocycles. The topological polar surface area (TPSA) is 69.3 Å². The molecule has 154 valence electrons. The number of ether oxygens (including phenoxy) is 1. The van der Waals surface area contributed by atoms with Gasteiger partial charge in [-0.1, -0.05) is 29.8 Å². The van der Waals surface area contributed by atoms with E-state index in [-0.39, 0.29) is 17.7 Å². The third-order valence-electron chi connectivity index (χ3n) is 4.98. The number of benzene rings is 2. The Bertz CT molecular complexity index is 1110. The number of aromatic nitrogens is 2. The Morgan fingerprint density at radius 2 is 1.93 bits per heavy atom. The average molecular weight is 403 g/mol. The van der Waals surface area contributed by atoms with Crippen molar-refractivity contribution < 1.29 is 13.9 Å². The third kappa shape index (κ3) is 4.38. The smallest absolute Gasteiger partial charge is 0.287 e. The fourth-order valence-corrected chi connectivity index (χ4v) is 3.45. The standard InChI is InChI=1S/C24H25N3O3/c1-17-10-12-19(13-11-17)29-16-6-14-27-21-8-4-3-7-20(21)26-23(27)18(2)25-24(28)22-9-5-15-30-22/h3-5,7-13,15,18H,6,14,16H2,1-2H3,(H,25,28)/t18-/m0/s1. The molecular weight excluding hydrogens is 378 g/mol. The van der Waals surface area contributed by atoms with Gasteiger partial charge in [0, 0.05) is 6.54 Å². The molecule has 1 atom stereocenters. The number of hydrogen-bond donors (Lipinski definition) is 1. The number of aryl methyl sites for hydroxylation is 2. The third-order valence-corrected chi connectivity index (χ3v) is 4.98. The molecule has 6 nitrogen and oxygen atoms in total. The van der Waals surface area contributed by atoms with Crippen molar-refractivity contribution in [1.29, 1.82) is 0 Å². The van der Waals surface area contributed by atoms with Gasteiger partial charge in [0.15, 0.2) is 5.76 Å². The van der Waals surface area contributed by atoms with Crippen LogP contribution in [0.2, 0.25) is 0 Å². The molecule has 4 rings (SSSR count). The van der Waals surface area contributed by atoms with Crippen LogP contribution < -0.4 is 10.1 Å². The van der Waals surface area contributed by atoms with E-state index in [0.29, 0.717) is 6.61 Å². The lowest BCUT2D eigenvalue weighted by molar-refractivity contribution is 0.0909. The maximum absolute atomic E-state index is 12.4. The monoisotopic (exact) mass is 403 g/mol. The first-order valence-electron chi connectivity index (χ1n) is 10.1. The summed E-state index contributed by atoms with van der Waals surface area (Å²) >= 11 is 0. The number of carbonyl (C=O) groups is 1. The van der Waals surface area contributed by atoms with E-state index in [9.17, 15) is 4.79 Å². The number of imidazole rings is 1. The number of fused-ring (bicyclic) bond motifs is 1. The van der Waals surface area contributed by atoms with Gasteiger partial charge >= 0.3 is 0 Å². The maximum atomic E-state index is 12.4. The van der Waals surface area contributed by atoms with E-state index in [1.165, 1.54) is 11.8 Å². The van der Waals surface area contributed by atoms with E-state index < -0.39 is 0 Å². The highest BCUT2D eigenvalue weighted by molar-refractivity contribution is 5.91. The minimum absolute atomic E-state index is 0.256. The highest BCUT2D eigenvalue weighted by Crippen LogP contribution is 2.22. The van der Waals surface area contributed by atoms with Crippen LogP contribution in [0, 0.1) is 6.92 Å². The van der Waals surface area contributed by atoms with Crippen LogP contribution in [0.1, 0.15) is 41.3 Å². The van der Waals surface area contributed by atoms with Crippen LogP contribution in [-0.4, -0.2) is 22.1 Å². The predicted octanol–water partition coefficient (Wildman–Crippen LogP) is 4.90. The fourth-order valence-electron chi connectivity index (χ4n) is 3.45. The minimum atomic E-state index is -0.270. The molecule has 2 heterocycles. The Labute approximate surface area is 175 Å². The van der Waals surface area contributed by atoms with Gasteiger partial charge in [-0.25, -0.2) is 4.98 Å². The number of rotatable bonds is 8. The molecule has 0 bridgehead atoms. The Balaban J connectivity index is 1.47. The molecule has 1 amide bonds. The summed E-state index contributed by atoms with van der Waals surface area (Å²) in [6.45, 7) is 5.33. The van der Waals surface area contributed by atoms with Crippen LogP contribution in [0.25, 0.3) is 11.0 Å². The molecule has 2 aromatic carbocycles. The summed E-state index contributed by atoms with van der Waals surface area (Å²) in [4.78, 5) is 17.2. The van der Waals surface area contributed by atoms with Crippen LogP contribution in [0.15, 0.2) is 71.3 Å². The summed E-state index contributed by atoms with van der Waals surface area (Å²) in [6.07, 6.45) is 2.31. The van der Waals surface area contributed by atoms with Crippen molar-refractivity contribution in [2.75, 3.05) is 6.61 Å². The molecule has 1 N–H and O–H groups in total. The van der Waals surface area contributed by atoms with Crippen LogP contribution in [-0.2, 0) is 6.54 Å². The second kappa shape index (κ2) is 8.86. The average Bonchev–Trinajstić information content (AvgIpc) is 3.41. The predicted molar refractivity (Wildman–Crippen MR) is 116 cm³/mol. The number of para-hydroxylation sites is 2. The lowest BCUT2D eigenvalue weighted by Gasteiger charge is -2.16. The first-order chi connectivity index (χ1) is 14.6. The number of furan rings is 1. The number of nitrogens with zero attached hydrogens (tertiary/aromatic N) is 2. The molecule has 0 saturated carbocycles. The van der Waals surface area contributed by atoms with Gasteiger partial charge in [0.05, 0.1) is 29.9 Å². The molecule has 4 aromatic rings. The van der Waals surface area contributed by atoms with Gasteiger partial charge < -0.3 is 19.0 Å². The molecule has 0 unspecified atom stereocenters. The minimum Gasteiger partial charge on any atom is -0.494 e. The Morgan fingerprint density at radius 1 is 1.13 bits per heavy atom. The van der Waals surface area contributed by atoms with Crippen molar-refractivity contribution >= 4 is 16.9 Å². The van der Waals surface area contributed by atoms with Crippen molar-refractivity contribution in [2.24, 2.45) is 0 Å². The molecule has 2 aromatic heterocycles. The fraction of sp³-hybridized carbons (Fsp3) is 0.250. The van der Waals surface area contributed by atoms with Crippen molar-refractivity contribution in [1.82, 2.24) is 14.9 Å². The summed E-state index contributed by atoms with van der Waals surface area (Å²) in [7, 11) is 0. The van der Waals surface area contributed by atoms with Crippen LogP contribution in [0.5, 0.6) is 5.75 Å². The lowest BCUT2D eigenvalue weighted by atomic mass is 10.2. The van der Waals surface area contributed by atoms with Gasteiger partial charge in [-0.3, -0.25) is 4.79 Å². The van der Waals surface area contributed by atoms with E-state index in [2.05, 4.69) is 16.8 Å². The van der Waals surface area contributed by atoms with E-state index >= 15 is 0 Å². The van der Waals surface area contributed by atoms with E-state index in [1.54, 1.807) is 12.1 Å². The normalized spacial score (nSPS) is 12.1. The van der Waals surface area contributed by atoms with Gasteiger partial charge in [0.25, 0.3) is 5.91 Å². The number of amides is 1. The summed E-state index contributed by atoms with van der Waals surface area (Å²) in [5.74, 6) is 1.71. The van der Waals surface area contributed by atoms with Gasteiger partial charge in [-0.05, 0) is 56.7 Å². The number of carbonyl (C=O) groups excluding carboxylic acids is 1. The quantitative estimate of drug-likeness (QED) is 0.425. The highest BCUT2D eigenvalue weighted by Gasteiger charge is 2.20. The first kappa shape index (κ1) is 19.8. The number of hydrogen-bond acceptors (Lipinski definition) is 4. The molecule has 0 fully saturated rings. The van der Waals surface area contributed by atoms with Crippen LogP contribution in [0.4, 0.5) is 0 Å². The van der Waals surface area contributed by atoms with Crippen molar-refractivity contribution in [3.05, 3.63) is 84.1 Å². The zero-order chi connectivity index (χ0) is 20.9. The second-order valence-corrected chi connectivity index (χ2v) is 7.30. The van der Waals surface area contributed by atoms with E-state index in [0.717, 1.165) is 35.6 Å². The van der Waals surface area contributed by atoms with Gasteiger partial charge in [0.2, 0.25) is 0 Å². The summed E-state index contributed by atoms with van der Waals surface area (Å²) in [5.41, 5.74) is 3.16. The van der Waals surface area contributed by atoms with Gasteiger partial charge in [-0.15, -0.1) is 0 Å². The molecule has 6 heteroatoms. The molecule has 30 heavy (non-hydrogen) atoms. The lowest BCUT2D eigenvalue weighted by Crippen LogP contribution is -2.28. The molecular formula is C24H25N3O3. The molecule has 0 radical (unpaired) electrons. The SMILES string of the molecule is Cc1ccc(OCCCn2c([C@H](C)NC(=O)c3ccco3)nc3ccccc32)cc1. The van der Waals surface area contributed by atoms with E-state index in [4.69, 9.17) is 14.1 Å². The maximum Gasteiger partial charge on any atom is 0.287 e. The zero-order valence-electron chi connectivity index (χ0n) is 17.2. The van der Waals surface area contributed by atoms with Crippen molar-refractivity contribution in [3.63, 3.8) is 0 Å². The Kier molecular flexibility index (Phi) is 5.84. The largest absolute Gasteiger partial charge is 0.494 e. The molecule has 0 spiro atoms. The van der Waals surface area contributed by atoms with Crippen molar-refractivity contribution in [3.8, 4) is 5.75 Å². The Morgan fingerprint density at radius 3 is 2.70 bits per heavy atom. The molecule has 0 aliphatic rings. The number of nitrogens with one attached hydrogen (secondary N) is 1. The Hall–Kier alpha value is -3.54. The van der Waals surface area contributed by atoms with Gasteiger partial charge in [-0.2, -0.15) is 0 Å². The van der Waals surface area contributed by atoms with E-state index in [1.807, 2.05) is 55.5 Å². The molecule has 0 saturated heterocycles. The highest BCUT2D eigenvalue weighted by atomic mass is 16.5. The summed E-state index contributed by atoms with van der Waals surface area (Å²) in [6, 6.07) is 19.1.